The van der Waals surface area contributed by atoms with E-state index >= 15 is 0 Å². The Labute approximate surface area is 147 Å². The van der Waals surface area contributed by atoms with Crippen LogP contribution < -0.4 is 11.1 Å². The maximum atomic E-state index is 12.7. The van der Waals surface area contributed by atoms with Gasteiger partial charge in [-0.15, -0.1) is 0 Å². The average Bonchev–Trinajstić information content (AvgIpc) is 2.62. The van der Waals surface area contributed by atoms with Crippen LogP contribution in [0.4, 0.5) is 10.5 Å². The number of carbonyl (C=O) groups excluding carboxylic acids is 2. The van der Waals surface area contributed by atoms with Gasteiger partial charge in [0.15, 0.2) is 0 Å². The highest BCUT2D eigenvalue weighted by Crippen LogP contribution is 2.23. The number of urea groups is 1. The Bertz CT molecular complexity index is 738. The van der Waals surface area contributed by atoms with E-state index in [1.807, 2.05) is 11.0 Å². The van der Waals surface area contributed by atoms with Crippen LogP contribution in [0.3, 0.4) is 0 Å². The topological polar surface area (TPSA) is 75.4 Å². The van der Waals surface area contributed by atoms with Gasteiger partial charge in [-0.25, -0.2) is 4.79 Å². The molecule has 3 amide bonds. The van der Waals surface area contributed by atoms with Gasteiger partial charge in [0.1, 0.15) is 0 Å². The van der Waals surface area contributed by atoms with Crippen LogP contribution in [0, 0.1) is 5.92 Å². The fourth-order valence-corrected chi connectivity index (χ4v) is 3.34. The van der Waals surface area contributed by atoms with Gasteiger partial charge in [-0.05, 0) is 48.9 Å². The molecule has 0 saturated carbocycles. The molecule has 1 aliphatic heterocycles. The van der Waals surface area contributed by atoms with Crippen LogP contribution in [-0.2, 0) is 6.42 Å². The lowest BCUT2D eigenvalue weighted by molar-refractivity contribution is 0.0690. The van der Waals surface area contributed by atoms with Crippen molar-refractivity contribution >= 4 is 17.6 Å². The molecule has 0 spiro atoms. The molecule has 5 nitrogen and oxygen atoms in total. The molecule has 130 valence electrons. The summed E-state index contributed by atoms with van der Waals surface area (Å²) in [5.74, 6) is 0.626. The average molecular weight is 337 g/mol. The second-order valence-corrected chi connectivity index (χ2v) is 6.50. The summed E-state index contributed by atoms with van der Waals surface area (Å²) in [5.41, 5.74) is 7.60. The van der Waals surface area contributed by atoms with E-state index < -0.39 is 6.03 Å². The minimum atomic E-state index is -0.633. The SMILES string of the molecule is NC(=O)Nc1cccc(C(=O)N2CCC(Cc3ccccc3)CC2)c1. The number of nitrogens with zero attached hydrogens (tertiary/aromatic N) is 1. The number of primary amides is 1. The number of benzene rings is 2. The van der Waals surface area contributed by atoms with E-state index in [1.165, 1.54) is 5.56 Å². The minimum Gasteiger partial charge on any atom is -0.351 e. The molecule has 3 N–H and O–H groups in total. The first-order valence-electron chi connectivity index (χ1n) is 8.61. The Morgan fingerprint density at radius 1 is 1.04 bits per heavy atom. The van der Waals surface area contributed by atoms with Gasteiger partial charge in [0.05, 0.1) is 0 Å². The number of rotatable bonds is 4. The third kappa shape index (κ3) is 4.59. The van der Waals surface area contributed by atoms with Crippen molar-refractivity contribution in [1.29, 1.82) is 0 Å². The highest BCUT2D eigenvalue weighted by atomic mass is 16.2. The predicted molar refractivity (Wildman–Crippen MR) is 98.4 cm³/mol. The van der Waals surface area contributed by atoms with E-state index in [4.69, 9.17) is 5.73 Å². The van der Waals surface area contributed by atoms with Crippen LogP contribution in [0.15, 0.2) is 54.6 Å². The van der Waals surface area contributed by atoms with Gasteiger partial charge in [-0.1, -0.05) is 36.4 Å². The van der Waals surface area contributed by atoms with Crippen molar-refractivity contribution in [3.05, 3.63) is 65.7 Å². The maximum Gasteiger partial charge on any atom is 0.316 e. The normalized spacial score (nSPS) is 15.0. The fourth-order valence-electron chi connectivity index (χ4n) is 3.34. The second-order valence-electron chi connectivity index (χ2n) is 6.50. The third-order valence-corrected chi connectivity index (χ3v) is 4.65. The fraction of sp³-hybridized carbons (Fsp3) is 0.300. The molecular weight excluding hydrogens is 314 g/mol. The monoisotopic (exact) mass is 337 g/mol. The number of hydrogen-bond acceptors (Lipinski definition) is 2. The predicted octanol–water partition coefficient (Wildman–Crippen LogP) is 3.27. The zero-order valence-electron chi connectivity index (χ0n) is 14.2. The summed E-state index contributed by atoms with van der Waals surface area (Å²) in [6, 6.07) is 16.8. The Morgan fingerprint density at radius 3 is 2.44 bits per heavy atom. The summed E-state index contributed by atoms with van der Waals surface area (Å²) in [6.45, 7) is 1.54. The summed E-state index contributed by atoms with van der Waals surface area (Å²) in [5, 5.41) is 2.51. The number of nitrogens with two attached hydrogens (primary N) is 1. The molecule has 0 bridgehead atoms. The number of amides is 3. The zero-order valence-corrected chi connectivity index (χ0v) is 14.2. The Balaban J connectivity index is 1.57. The third-order valence-electron chi connectivity index (χ3n) is 4.65. The van der Waals surface area contributed by atoms with Gasteiger partial charge in [-0.2, -0.15) is 0 Å². The molecule has 0 aliphatic carbocycles. The van der Waals surface area contributed by atoms with Gasteiger partial charge in [-0.3, -0.25) is 4.79 Å². The van der Waals surface area contributed by atoms with E-state index in [0.717, 1.165) is 32.4 Å². The largest absolute Gasteiger partial charge is 0.351 e. The van der Waals surface area contributed by atoms with Crippen molar-refractivity contribution in [2.24, 2.45) is 11.7 Å². The Kier molecular flexibility index (Phi) is 5.33. The number of piperidine rings is 1. The smallest absolute Gasteiger partial charge is 0.316 e. The number of carbonyl (C=O) groups is 2. The first-order chi connectivity index (χ1) is 12.1. The highest BCUT2D eigenvalue weighted by molar-refractivity contribution is 5.96. The molecule has 2 aromatic carbocycles. The Morgan fingerprint density at radius 2 is 1.76 bits per heavy atom. The van der Waals surface area contributed by atoms with Crippen LogP contribution in [0.2, 0.25) is 0 Å². The van der Waals surface area contributed by atoms with E-state index in [0.29, 0.717) is 17.2 Å². The molecule has 0 aromatic heterocycles. The first kappa shape index (κ1) is 17.0. The van der Waals surface area contributed by atoms with E-state index in [2.05, 4.69) is 29.6 Å². The van der Waals surface area contributed by atoms with Crippen molar-refractivity contribution in [2.45, 2.75) is 19.3 Å². The van der Waals surface area contributed by atoms with Crippen molar-refractivity contribution in [1.82, 2.24) is 4.90 Å². The first-order valence-corrected chi connectivity index (χ1v) is 8.61. The minimum absolute atomic E-state index is 0.00582. The summed E-state index contributed by atoms with van der Waals surface area (Å²) >= 11 is 0. The van der Waals surface area contributed by atoms with E-state index in [-0.39, 0.29) is 5.91 Å². The molecule has 2 aromatic rings. The molecule has 1 aliphatic rings. The lowest BCUT2D eigenvalue weighted by Gasteiger charge is -2.32. The second kappa shape index (κ2) is 7.83. The molecule has 3 rings (SSSR count). The van der Waals surface area contributed by atoms with E-state index in [1.54, 1.807) is 24.3 Å². The molecule has 1 saturated heterocycles. The van der Waals surface area contributed by atoms with Crippen LogP contribution in [0.1, 0.15) is 28.8 Å². The molecule has 0 atom stereocenters. The van der Waals surface area contributed by atoms with Gasteiger partial charge >= 0.3 is 6.03 Å². The van der Waals surface area contributed by atoms with E-state index in [9.17, 15) is 9.59 Å². The van der Waals surface area contributed by atoms with Crippen molar-refractivity contribution in [3.8, 4) is 0 Å². The highest BCUT2D eigenvalue weighted by Gasteiger charge is 2.23. The van der Waals surface area contributed by atoms with Crippen molar-refractivity contribution in [2.75, 3.05) is 18.4 Å². The lowest BCUT2D eigenvalue weighted by Crippen LogP contribution is -2.39. The summed E-state index contributed by atoms with van der Waals surface area (Å²) in [4.78, 5) is 25.5. The molecule has 1 fully saturated rings. The standard InChI is InChI=1S/C20H23N3O2/c21-20(25)22-18-8-4-7-17(14-18)19(24)23-11-9-16(10-12-23)13-15-5-2-1-3-6-15/h1-8,14,16H,9-13H2,(H3,21,22,25). The molecule has 0 radical (unpaired) electrons. The number of hydrogen-bond donors (Lipinski definition) is 2. The van der Waals surface area contributed by atoms with Crippen LogP contribution in [-0.4, -0.2) is 29.9 Å². The molecule has 0 unspecified atom stereocenters. The molecular formula is C20H23N3O2. The zero-order chi connectivity index (χ0) is 17.6. The summed E-state index contributed by atoms with van der Waals surface area (Å²) in [6.07, 6.45) is 3.10. The number of anilines is 1. The summed E-state index contributed by atoms with van der Waals surface area (Å²) < 4.78 is 0. The molecule has 1 heterocycles. The van der Waals surface area contributed by atoms with Crippen LogP contribution >= 0.6 is 0 Å². The van der Waals surface area contributed by atoms with Gasteiger partial charge in [0.25, 0.3) is 5.91 Å². The lowest BCUT2D eigenvalue weighted by atomic mass is 9.90. The van der Waals surface area contributed by atoms with Crippen LogP contribution in [0.5, 0.6) is 0 Å². The van der Waals surface area contributed by atoms with Gasteiger partial charge < -0.3 is 16.0 Å². The molecule has 5 heteroatoms. The molecule has 25 heavy (non-hydrogen) atoms. The van der Waals surface area contributed by atoms with Crippen molar-refractivity contribution < 1.29 is 9.59 Å². The number of nitrogens with one attached hydrogen (secondary N) is 1. The van der Waals surface area contributed by atoms with Crippen molar-refractivity contribution in [3.63, 3.8) is 0 Å². The Hall–Kier alpha value is -2.82. The summed E-state index contributed by atoms with van der Waals surface area (Å²) in [7, 11) is 0. The number of likely N-dealkylation sites (tertiary alicyclic amines) is 1. The van der Waals surface area contributed by atoms with Crippen LogP contribution in [0.25, 0.3) is 0 Å². The van der Waals surface area contributed by atoms with Gasteiger partial charge in [0.2, 0.25) is 0 Å². The van der Waals surface area contributed by atoms with Gasteiger partial charge in [0, 0.05) is 24.3 Å². The quantitative estimate of drug-likeness (QED) is 0.898. The maximum absolute atomic E-state index is 12.7.